The molecule has 0 aromatic heterocycles. The standard InChI is InChI=1S/C18H27NO3/c1-12-9-13(2)14(3)17(10-12)22-8-7-18(21)19-11-15-5-4-6-16(15)20/h9-10,15-16,20H,4-8,11H2,1-3H3,(H,19,21). The van der Waals surface area contributed by atoms with E-state index in [9.17, 15) is 9.90 Å². The lowest BCUT2D eigenvalue weighted by atomic mass is 10.1. The van der Waals surface area contributed by atoms with Crippen molar-refractivity contribution in [3.63, 3.8) is 0 Å². The van der Waals surface area contributed by atoms with Gasteiger partial charge in [0.05, 0.1) is 19.1 Å². The van der Waals surface area contributed by atoms with E-state index in [1.54, 1.807) is 0 Å². The molecule has 0 aliphatic heterocycles. The highest BCUT2D eigenvalue weighted by Gasteiger charge is 2.25. The Hall–Kier alpha value is -1.55. The summed E-state index contributed by atoms with van der Waals surface area (Å²) in [6.07, 6.45) is 3.00. The van der Waals surface area contributed by atoms with E-state index in [0.717, 1.165) is 36.1 Å². The van der Waals surface area contributed by atoms with Gasteiger partial charge in [-0.15, -0.1) is 0 Å². The summed E-state index contributed by atoms with van der Waals surface area (Å²) < 4.78 is 5.75. The van der Waals surface area contributed by atoms with Crippen molar-refractivity contribution >= 4 is 5.91 Å². The topological polar surface area (TPSA) is 58.6 Å². The van der Waals surface area contributed by atoms with Gasteiger partial charge in [-0.25, -0.2) is 0 Å². The van der Waals surface area contributed by atoms with E-state index in [1.807, 2.05) is 19.9 Å². The number of rotatable bonds is 6. The Morgan fingerprint density at radius 2 is 2.09 bits per heavy atom. The SMILES string of the molecule is Cc1cc(C)c(C)c(OCCC(=O)NCC2CCCC2O)c1. The average Bonchev–Trinajstić information content (AvgIpc) is 2.87. The van der Waals surface area contributed by atoms with Gasteiger partial charge >= 0.3 is 0 Å². The van der Waals surface area contributed by atoms with Crippen LogP contribution in [0, 0.1) is 26.7 Å². The maximum atomic E-state index is 11.8. The molecule has 1 aliphatic carbocycles. The van der Waals surface area contributed by atoms with Gasteiger partial charge in [0, 0.05) is 12.5 Å². The Morgan fingerprint density at radius 3 is 2.77 bits per heavy atom. The molecule has 1 aromatic carbocycles. The molecule has 2 N–H and O–H groups in total. The zero-order valence-electron chi connectivity index (χ0n) is 13.8. The van der Waals surface area contributed by atoms with Crippen molar-refractivity contribution in [1.29, 1.82) is 0 Å². The van der Waals surface area contributed by atoms with E-state index in [-0.39, 0.29) is 17.9 Å². The molecule has 2 atom stereocenters. The quantitative estimate of drug-likeness (QED) is 0.849. The third-order valence-corrected chi connectivity index (χ3v) is 4.53. The Bertz CT molecular complexity index is 527. The van der Waals surface area contributed by atoms with Crippen LogP contribution in [-0.4, -0.2) is 30.3 Å². The van der Waals surface area contributed by atoms with Crippen LogP contribution in [0.2, 0.25) is 0 Å². The van der Waals surface area contributed by atoms with Gasteiger partial charge in [0.2, 0.25) is 5.91 Å². The molecule has 0 bridgehead atoms. The number of benzene rings is 1. The molecule has 1 saturated carbocycles. The van der Waals surface area contributed by atoms with E-state index in [0.29, 0.717) is 19.6 Å². The van der Waals surface area contributed by atoms with Gasteiger partial charge in [-0.1, -0.05) is 12.5 Å². The first kappa shape index (κ1) is 16.8. The van der Waals surface area contributed by atoms with E-state index >= 15 is 0 Å². The molecule has 4 heteroatoms. The number of aliphatic hydroxyl groups is 1. The predicted molar refractivity (Wildman–Crippen MR) is 87.1 cm³/mol. The zero-order chi connectivity index (χ0) is 16.1. The highest BCUT2D eigenvalue weighted by molar-refractivity contribution is 5.76. The number of carbonyl (C=O) groups excluding carboxylic acids is 1. The maximum absolute atomic E-state index is 11.8. The Morgan fingerprint density at radius 1 is 1.32 bits per heavy atom. The summed E-state index contributed by atoms with van der Waals surface area (Å²) in [6.45, 7) is 7.09. The molecule has 0 radical (unpaired) electrons. The second-order valence-corrected chi connectivity index (χ2v) is 6.37. The number of carbonyl (C=O) groups is 1. The molecule has 22 heavy (non-hydrogen) atoms. The van der Waals surface area contributed by atoms with Crippen LogP contribution in [0.4, 0.5) is 0 Å². The minimum absolute atomic E-state index is 0.0128. The van der Waals surface area contributed by atoms with E-state index in [1.165, 1.54) is 5.56 Å². The molecular formula is C18H27NO3. The highest BCUT2D eigenvalue weighted by Crippen LogP contribution is 2.25. The third-order valence-electron chi connectivity index (χ3n) is 4.53. The van der Waals surface area contributed by atoms with Crippen LogP contribution in [0.1, 0.15) is 42.4 Å². The minimum atomic E-state index is -0.255. The second-order valence-electron chi connectivity index (χ2n) is 6.37. The fourth-order valence-electron chi connectivity index (χ4n) is 2.99. The molecule has 1 aliphatic rings. The Balaban J connectivity index is 1.73. The first-order valence-electron chi connectivity index (χ1n) is 8.13. The first-order valence-corrected chi connectivity index (χ1v) is 8.13. The van der Waals surface area contributed by atoms with Crippen LogP contribution in [-0.2, 0) is 4.79 Å². The average molecular weight is 305 g/mol. The van der Waals surface area contributed by atoms with Crippen LogP contribution >= 0.6 is 0 Å². The summed E-state index contributed by atoms with van der Waals surface area (Å²) >= 11 is 0. The van der Waals surface area contributed by atoms with Crippen LogP contribution in [0.3, 0.4) is 0 Å². The summed E-state index contributed by atoms with van der Waals surface area (Å²) in [5.74, 6) is 1.06. The van der Waals surface area contributed by atoms with Gasteiger partial charge in [0.25, 0.3) is 0 Å². The lowest BCUT2D eigenvalue weighted by Gasteiger charge is -2.15. The normalized spacial score (nSPS) is 20.9. The summed E-state index contributed by atoms with van der Waals surface area (Å²) in [6, 6.07) is 4.14. The summed E-state index contributed by atoms with van der Waals surface area (Å²) in [5.41, 5.74) is 3.49. The molecule has 122 valence electrons. The maximum Gasteiger partial charge on any atom is 0.223 e. The third kappa shape index (κ3) is 4.47. The molecule has 1 fully saturated rings. The smallest absolute Gasteiger partial charge is 0.223 e. The van der Waals surface area contributed by atoms with Crippen molar-refractivity contribution < 1.29 is 14.6 Å². The molecule has 0 heterocycles. The van der Waals surface area contributed by atoms with Crippen molar-refractivity contribution in [3.05, 3.63) is 28.8 Å². The van der Waals surface area contributed by atoms with Gasteiger partial charge < -0.3 is 15.2 Å². The van der Waals surface area contributed by atoms with Crippen molar-refractivity contribution in [3.8, 4) is 5.75 Å². The molecule has 2 unspecified atom stereocenters. The largest absolute Gasteiger partial charge is 0.493 e. The van der Waals surface area contributed by atoms with Crippen molar-refractivity contribution in [2.24, 2.45) is 5.92 Å². The van der Waals surface area contributed by atoms with Crippen LogP contribution < -0.4 is 10.1 Å². The van der Waals surface area contributed by atoms with Crippen LogP contribution in [0.25, 0.3) is 0 Å². The van der Waals surface area contributed by atoms with Crippen LogP contribution in [0.5, 0.6) is 5.75 Å². The number of hydrogen-bond acceptors (Lipinski definition) is 3. The molecule has 4 nitrogen and oxygen atoms in total. The van der Waals surface area contributed by atoms with Crippen molar-refractivity contribution in [2.75, 3.05) is 13.2 Å². The molecule has 1 aromatic rings. The predicted octanol–water partition coefficient (Wildman–Crippen LogP) is 2.66. The van der Waals surface area contributed by atoms with E-state index in [2.05, 4.69) is 18.3 Å². The lowest BCUT2D eigenvalue weighted by Crippen LogP contribution is -2.33. The van der Waals surface area contributed by atoms with Gasteiger partial charge in [-0.05, 0) is 56.4 Å². The second kappa shape index (κ2) is 7.63. The van der Waals surface area contributed by atoms with Gasteiger partial charge in [0.1, 0.15) is 5.75 Å². The molecule has 0 saturated heterocycles. The molecule has 1 amide bonds. The van der Waals surface area contributed by atoms with Gasteiger partial charge in [-0.3, -0.25) is 4.79 Å². The van der Waals surface area contributed by atoms with Crippen LogP contribution in [0.15, 0.2) is 12.1 Å². The number of nitrogens with one attached hydrogen (secondary N) is 1. The molecule has 2 rings (SSSR count). The molecular weight excluding hydrogens is 278 g/mol. The summed E-state index contributed by atoms with van der Waals surface area (Å²) in [4.78, 5) is 11.8. The highest BCUT2D eigenvalue weighted by atomic mass is 16.5. The van der Waals surface area contributed by atoms with Crippen molar-refractivity contribution in [1.82, 2.24) is 5.32 Å². The summed E-state index contributed by atoms with van der Waals surface area (Å²) in [5, 5.41) is 12.6. The molecule has 0 spiro atoms. The summed E-state index contributed by atoms with van der Waals surface area (Å²) in [7, 11) is 0. The van der Waals surface area contributed by atoms with Gasteiger partial charge in [-0.2, -0.15) is 0 Å². The minimum Gasteiger partial charge on any atom is -0.493 e. The van der Waals surface area contributed by atoms with Crippen molar-refractivity contribution in [2.45, 2.75) is 52.6 Å². The van der Waals surface area contributed by atoms with E-state index < -0.39 is 0 Å². The Labute approximate surface area is 132 Å². The van der Waals surface area contributed by atoms with E-state index in [4.69, 9.17) is 4.74 Å². The number of amides is 1. The number of ether oxygens (including phenoxy) is 1. The number of hydrogen-bond donors (Lipinski definition) is 2. The monoisotopic (exact) mass is 305 g/mol. The first-order chi connectivity index (χ1) is 10.5. The fraction of sp³-hybridized carbons (Fsp3) is 0.611. The van der Waals surface area contributed by atoms with Gasteiger partial charge in [0.15, 0.2) is 0 Å². The number of aryl methyl sites for hydroxylation is 2. The fourth-order valence-corrected chi connectivity index (χ4v) is 2.99. The zero-order valence-corrected chi connectivity index (χ0v) is 13.8. The Kier molecular flexibility index (Phi) is 5.83. The number of aliphatic hydroxyl groups excluding tert-OH is 1. The lowest BCUT2D eigenvalue weighted by molar-refractivity contribution is -0.121.